The van der Waals surface area contributed by atoms with Crippen LogP contribution >= 0.6 is 11.6 Å². The summed E-state index contributed by atoms with van der Waals surface area (Å²) in [5.41, 5.74) is 1.23. The van der Waals surface area contributed by atoms with E-state index in [0.29, 0.717) is 16.7 Å². The van der Waals surface area contributed by atoms with Crippen LogP contribution in [0, 0.1) is 0 Å². The third kappa shape index (κ3) is 4.24. The fourth-order valence-electron chi connectivity index (χ4n) is 1.63. The average Bonchev–Trinajstić information content (AvgIpc) is 2.46. The second kappa shape index (κ2) is 6.91. The van der Waals surface area contributed by atoms with Crippen LogP contribution in [0.25, 0.3) is 0 Å². The molecule has 104 valence electrons. The minimum atomic E-state index is -0.278. The Morgan fingerprint density at radius 1 is 1.25 bits per heavy atom. The smallest absolute Gasteiger partial charge is 0.263 e. The lowest BCUT2D eigenvalue weighted by Crippen LogP contribution is -2.20. The van der Waals surface area contributed by atoms with E-state index in [0.717, 1.165) is 6.42 Å². The summed E-state index contributed by atoms with van der Waals surface area (Å²) in [5.74, 6) is 0.795. The van der Waals surface area contributed by atoms with Gasteiger partial charge in [-0.1, -0.05) is 36.7 Å². The monoisotopic (exact) mass is 290 g/mol. The minimum Gasteiger partial charge on any atom is -0.484 e. The highest BCUT2D eigenvalue weighted by molar-refractivity contribution is 6.29. The Kier molecular flexibility index (Phi) is 4.96. The number of nitrogens with zero attached hydrogens (tertiary/aromatic N) is 1. The van der Waals surface area contributed by atoms with Gasteiger partial charge in [-0.15, -0.1) is 0 Å². The first-order valence-electron chi connectivity index (χ1n) is 6.31. The molecule has 0 fully saturated rings. The van der Waals surface area contributed by atoms with Gasteiger partial charge in [-0.2, -0.15) is 0 Å². The predicted octanol–water partition coefficient (Wildman–Crippen LogP) is 3.31. The highest BCUT2D eigenvalue weighted by Crippen LogP contribution is 2.13. The Balaban J connectivity index is 1.85. The third-order valence-electron chi connectivity index (χ3n) is 2.68. The lowest BCUT2D eigenvalue weighted by molar-refractivity contribution is -0.118. The molecule has 5 heteroatoms. The van der Waals surface area contributed by atoms with Crippen LogP contribution in [0.5, 0.6) is 5.75 Å². The topological polar surface area (TPSA) is 51.2 Å². The van der Waals surface area contributed by atoms with Crippen molar-refractivity contribution < 1.29 is 9.53 Å². The fourth-order valence-corrected chi connectivity index (χ4v) is 1.79. The number of halogens is 1. The van der Waals surface area contributed by atoms with Crippen molar-refractivity contribution in [1.82, 2.24) is 4.98 Å². The summed E-state index contributed by atoms with van der Waals surface area (Å²) in [5, 5.41) is 2.95. The predicted molar refractivity (Wildman–Crippen MR) is 79.2 cm³/mol. The van der Waals surface area contributed by atoms with Crippen molar-refractivity contribution in [3.8, 4) is 5.75 Å². The molecule has 1 aromatic heterocycles. The molecule has 1 N–H and O–H groups in total. The van der Waals surface area contributed by atoms with Crippen molar-refractivity contribution in [3.63, 3.8) is 0 Å². The molecule has 4 nitrogen and oxygen atoms in total. The van der Waals surface area contributed by atoms with E-state index in [2.05, 4.69) is 17.2 Å². The quantitative estimate of drug-likeness (QED) is 0.860. The number of carbonyl (C=O) groups is 1. The number of benzene rings is 1. The van der Waals surface area contributed by atoms with Gasteiger partial charge in [0.05, 0.1) is 0 Å². The Bertz CT molecular complexity index is 585. The molecule has 0 aliphatic heterocycles. The van der Waals surface area contributed by atoms with Crippen LogP contribution in [0.4, 0.5) is 5.82 Å². The maximum atomic E-state index is 11.7. The van der Waals surface area contributed by atoms with E-state index in [-0.39, 0.29) is 12.5 Å². The number of pyridine rings is 1. The Labute approximate surface area is 122 Å². The minimum absolute atomic E-state index is 0.0698. The first-order valence-corrected chi connectivity index (χ1v) is 6.69. The molecular formula is C15H15ClN2O2. The summed E-state index contributed by atoms with van der Waals surface area (Å²) in [6.07, 6.45) is 0.973. The fraction of sp³-hybridized carbons (Fsp3) is 0.200. The Hall–Kier alpha value is -2.07. The molecular weight excluding hydrogens is 276 g/mol. The number of aromatic nitrogens is 1. The molecule has 0 bridgehead atoms. The highest BCUT2D eigenvalue weighted by Gasteiger charge is 2.05. The van der Waals surface area contributed by atoms with Crippen LogP contribution in [-0.2, 0) is 11.2 Å². The van der Waals surface area contributed by atoms with Gasteiger partial charge in [0.1, 0.15) is 16.7 Å². The van der Waals surface area contributed by atoms with Gasteiger partial charge in [0, 0.05) is 0 Å². The summed E-state index contributed by atoms with van der Waals surface area (Å²) < 4.78 is 5.40. The van der Waals surface area contributed by atoms with Crippen LogP contribution in [0.3, 0.4) is 0 Å². The molecule has 0 saturated carbocycles. The van der Waals surface area contributed by atoms with E-state index in [1.54, 1.807) is 18.2 Å². The van der Waals surface area contributed by atoms with Gasteiger partial charge in [0.15, 0.2) is 6.61 Å². The van der Waals surface area contributed by atoms with Crippen molar-refractivity contribution in [3.05, 3.63) is 53.2 Å². The van der Waals surface area contributed by atoms with Crippen molar-refractivity contribution in [2.75, 3.05) is 11.9 Å². The number of hydrogen-bond donors (Lipinski definition) is 1. The molecule has 0 saturated heterocycles. The number of anilines is 1. The molecule has 0 spiro atoms. The van der Waals surface area contributed by atoms with Crippen LogP contribution in [0.1, 0.15) is 12.5 Å². The number of ether oxygens (including phenoxy) is 1. The molecule has 0 unspecified atom stereocenters. The SMILES string of the molecule is CCc1ccc(OCC(=O)Nc2cccc(Cl)n2)cc1. The molecule has 0 radical (unpaired) electrons. The van der Waals surface area contributed by atoms with E-state index >= 15 is 0 Å². The van der Waals surface area contributed by atoms with Gasteiger partial charge in [0.25, 0.3) is 5.91 Å². The number of aryl methyl sites for hydroxylation is 1. The van der Waals surface area contributed by atoms with Crippen LogP contribution in [0.15, 0.2) is 42.5 Å². The van der Waals surface area contributed by atoms with Crippen molar-refractivity contribution in [2.45, 2.75) is 13.3 Å². The van der Waals surface area contributed by atoms with E-state index < -0.39 is 0 Å². The van der Waals surface area contributed by atoms with Crippen LogP contribution < -0.4 is 10.1 Å². The zero-order valence-corrected chi connectivity index (χ0v) is 11.9. The van der Waals surface area contributed by atoms with Crippen molar-refractivity contribution in [2.24, 2.45) is 0 Å². The largest absolute Gasteiger partial charge is 0.484 e. The summed E-state index contributed by atoms with van der Waals surface area (Å²) in [6.45, 7) is 2.01. The summed E-state index contributed by atoms with van der Waals surface area (Å²) >= 11 is 5.74. The molecule has 0 atom stereocenters. The standard InChI is InChI=1S/C15H15ClN2O2/c1-2-11-6-8-12(9-7-11)20-10-15(19)18-14-5-3-4-13(16)17-14/h3-9H,2,10H2,1H3,(H,17,18,19). The van der Waals surface area contributed by atoms with Crippen LogP contribution in [0.2, 0.25) is 5.15 Å². The van der Waals surface area contributed by atoms with Gasteiger partial charge in [-0.3, -0.25) is 4.79 Å². The molecule has 1 aromatic carbocycles. The number of rotatable bonds is 5. The maximum Gasteiger partial charge on any atom is 0.263 e. The zero-order valence-electron chi connectivity index (χ0n) is 11.1. The first-order chi connectivity index (χ1) is 9.67. The second-order valence-electron chi connectivity index (χ2n) is 4.18. The molecule has 0 aliphatic carbocycles. The number of amides is 1. The van der Waals surface area contributed by atoms with E-state index in [1.807, 2.05) is 24.3 Å². The molecule has 0 aliphatic rings. The summed E-state index contributed by atoms with van der Waals surface area (Å²) in [6, 6.07) is 12.7. The van der Waals surface area contributed by atoms with Gasteiger partial charge < -0.3 is 10.1 Å². The molecule has 1 amide bonds. The van der Waals surface area contributed by atoms with Crippen molar-refractivity contribution >= 4 is 23.3 Å². The third-order valence-corrected chi connectivity index (χ3v) is 2.89. The summed E-state index contributed by atoms with van der Waals surface area (Å²) in [7, 11) is 0. The Morgan fingerprint density at radius 2 is 2.00 bits per heavy atom. The van der Waals surface area contributed by atoms with Crippen LogP contribution in [-0.4, -0.2) is 17.5 Å². The highest BCUT2D eigenvalue weighted by atomic mass is 35.5. The number of nitrogens with one attached hydrogen (secondary N) is 1. The number of hydrogen-bond acceptors (Lipinski definition) is 3. The van der Waals surface area contributed by atoms with Crippen molar-refractivity contribution in [1.29, 1.82) is 0 Å². The van der Waals surface area contributed by atoms with E-state index in [9.17, 15) is 4.79 Å². The molecule has 20 heavy (non-hydrogen) atoms. The maximum absolute atomic E-state index is 11.7. The molecule has 2 aromatic rings. The lowest BCUT2D eigenvalue weighted by Gasteiger charge is -2.07. The lowest BCUT2D eigenvalue weighted by atomic mass is 10.2. The molecule has 1 heterocycles. The normalized spacial score (nSPS) is 10.1. The number of carbonyl (C=O) groups excluding carboxylic acids is 1. The zero-order chi connectivity index (χ0) is 14.4. The average molecular weight is 291 g/mol. The van der Waals surface area contributed by atoms with E-state index in [1.165, 1.54) is 5.56 Å². The van der Waals surface area contributed by atoms with Gasteiger partial charge in [-0.25, -0.2) is 4.98 Å². The molecule has 2 rings (SSSR count). The summed E-state index contributed by atoms with van der Waals surface area (Å²) in [4.78, 5) is 15.7. The van der Waals surface area contributed by atoms with E-state index in [4.69, 9.17) is 16.3 Å². The van der Waals surface area contributed by atoms with Gasteiger partial charge >= 0.3 is 0 Å². The first kappa shape index (κ1) is 14.3. The van der Waals surface area contributed by atoms with Gasteiger partial charge in [-0.05, 0) is 36.2 Å². The Morgan fingerprint density at radius 3 is 2.65 bits per heavy atom. The second-order valence-corrected chi connectivity index (χ2v) is 4.57. The van der Waals surface area contributed by atoms with Gasteiger partial charge in [0.2, 0.25) is 0 Å².